The molecule has 0 aromatic carbocycles. The van der Waals surface area contributed by atoms with Gasteiger partial charge in [-0.1, -0.05) is 22.0 Å². The van der Waals surface area contributed by atoms with Crippen LogP contribution in [-0.4, -0.2) is 29.6 Å². The van der Waals surface area contributed by atoms with Crippen LogP contribution in [0.25, 0.3) is 0 Å². The maximum absolute atomic E-state index is 4.50. The van der Waals surface area contributed by atoms with Gasteiger partial charge in [0.1, 0.15) is 5.82 Å². The molecule has 82 valence electrons. The Balaban J connectivity index is 2.18. The predicted octanol–water partition coefficient (Wildman–Crippen LogP) is 2.92. The summed E-state index contributed by atoms with van der Waals surface area (Å²) in [4.78, 5) is 6.91. The summed E-state index contributed by atoms with van der Waals surface area (Å²) in [5.74, 6) is 3.67. The molecule has 1 aromatic rings. The molecule has 2 nitrogen and oxygen atoms in total. The SMILES string of the molecule is BrCc1cccnc1N1CCCSCC1. The van der Waals surface area contributed by atoms with E-state index in [1.807, 2.05) is 24.0 Å². The highest BCUT2D eigenvalue weighted by molar-refractivity contribution is 9.08. The molecule has 1 aromatic heterocycles. The average molecular weight is 287 g/mol. The highest BCUT2D eigenvalue weighted by atomic mass is 79.9. The van der Waals surface area contributed by atoms with E-state index in [1.165, 1.54) is 23.5 Å². The van der Waals surface area contributed by atoms with E-state index in [0.29, 0.717) is 0 Å². The van der Waals surface area contributed by atoms with Crippen LogP contribution in [0.15, 0.2) is 18.3 Å². The van der Waals surface area contributed by atoms with Crippen molar-refractivity contribution in [1.29, 1.82) is 0 Å². The van der Waals surface area contributed by atoms with Crippen molar-refractivity contribution in [2.45, 2.75) is 11.8 Å². The molecule has 0 spiro atoms. The minimum absolute atomic E-state index is 0.889. The van der Waals surface area contributed by atoms with Crippen molar-refractivity contribution in [2.75, 3.05) is 29.5 Å². The van der Waals surface area contributed by atoms with Crippen LogP contribution in [-0.2, 0) is 5.33 Å². The van der Waals surface area contributed by atoms with Gasteiger partial charge in [-0.15, -0.1) is 0 Å². The van der Waals surface area contributed by atoms with Crippen LogP contribution >= 0.6 is 27.7 Å². The first kappa shape index (κ1) is 11.3. The Hall–Kier alpha value is -0.220. The third kappa shape index (κ3) is 2.88. The molecule has 0 atom stereocenters. The van der Waals surface area contributed by atoms with E-state index in [9.17, 15) is 0 Å². The first-order valence-corrected chi connectivity index (χ1v) is 7.52. The zero-order chi connectivity index (χ0) is 10.5. The van der Waals surface area contributed by atoms with Crippen LogP contribution in [0.2, 0.25) is 0 Å². The molecule has 1 aliphatic rings. The highest BCUT2D eigenvalue weighted by Gasteiger charge is 2.13. The first-order valence-electron chi connectivity index (χ1n) is 5.24. The van der Waals surface area contributed by atoms with Gasteiger partial charge in [0.25, 0.3) is 0 Å². The Morgan fingerprint density at radius 1 is 1.40 bits per heavy atom. The maximum atomic E-state index is 4.50. The van der Waals surface area contributed by atoms with Crippen LogP contribution in [0.3, 0.4) is 0 Å². The minimum atomic E-state index is 0.889. The molecule has 1 fully saturated rings. The summed E-state index contributed by atoms with van der Waals surface area (Å²) >= 11 is 5.57. The van der Waals surface area contributed by atoms with Crippen molar-refractivity contribution in [1.82, 2.24) is 4.98 Å². The number of hydrogen-bond donors (Lipinski definition) is 0. The smallest absolute Gasteiger partial charge is 0.132 e. The topological polar surface area (TPSA) is 16.1 Å². The normalized spacial score (nSPS) is 17.5. The van der Waals surface area contributed by atoms with Gasteiger partial charge in [0, 0.05) is 35.9 Å². The molecule has 2 heterocycles. The van der Waals surface area contributed by atoms with Gasteiger partial charge in [0.05, 0.1) is 0 Å². The van der Waals surface area contributed by atoms with Gasteiger partial charge in [-0.25, -0.2) is 4.98 Å². The maximum Gasteiger partial charge on any atom is 0.132 e. The molecule has 2 rings (SSSR count). The van der Waals surface area contributed by atoms with Crippen LogP contribution in [0.1, 0.15) is 12.0 Å². The predicted molar refractivity (Wildman–Crippen MR) is 71.0 cm³/mol. The van der Waals surface area contributed by atoms with Crippen molar-refractivity contribution < 1.29 is 0 Å². The number of pyridine rings is 1. The minimum Gasteiger partial charge on any atom is -0.356 e. The second kappa shape index (κ2) is 5.75. The van der Waals surface area contributed by atoms with Crippen molar-refractivity contribution in [3.8, 4) is 0 Å². The molecule has 0 aliphatic carbocycles. The van der Waals surface area contributed by atoms with Gasteiger partial charge < -0.3 is 4.90 Å². The summed E-state index contributed by atoms with van der Waals surface area (Å²) in [6, 6.07) is 4.15. The zero-order valence-electron chi connectivity index (χ0n) is 8.66. The number of anilines is 1. The molecule has 1 aliphatic heterocycles. The van der Waals surface area contributed by atoms with Crippen LogP contribution in [0.4, 0.5) is 5.82 Å². The lowest BCUT2D eigenvalue weighted by atomic mass is 10.2. The molecule has 0 saturated carbocycles. The lowest BCUT2D eigenvalue weighted by Crippen LogP contribution is -2.27. The van der Waals surface area contributed by atoms with E-state index in [1.54, 1.807) is 0 Å². The highest BCUT2D eigenvalue weighted by Crippen LogP contribution is 2.22. The molecule has 0 bridgehead atoms. The average Bonchev–Trinajstić information content (AvgIpc) is 2.57. The van der Waals surface area contributed by atoms with Gasteiger partial charge in [0.2, 0.25) is 0 Å². The van der Waals surface area contributed by atoms with Gasteiger partial charge in [0.15, 0.2) is 0 Å². The first-order chi connectivity index (χ1) is 7.42. The molecule has 0 amide bonds. The summed E-state index contributed by atoms with van der Waals surface area (Å²) in [6.07, 6.45) is 3.16. The molecule has 0 radical (unpaired) electrons. The monoisotopic (exact) mass is 286 g/mol. The van der Waals surface area contributed by atoms with E-state index >= 15 is 0 Å². The fourth-order valence-corrected chi connectivity index (χ4v) is 3.10. The quantitative estimate of drug-likeness (QED) is 0.778. The van der Waals surface area contributed by atoms with E-state index in [4.69, 9.17) is 0 Å². The Bertz CT molecular complexity index is 311. The fraction of sp³-hybridized carbons (Fsp3) is 0.545. The van der Waals surface area contributed by atoms with Crippen molar-refractivity contribution in [3.05, 3.63) is 23.9 Å². The lowest BCUT2D eigenvalue weighted by molar-refractivity contribution is 0.797. The van der Waals surface area contributed by atoms with E-state index < -0.39 is 0 Å². The van der Waals surface area contributed by atoms with E-state index in [0.717, 1.165) is 24.2 Å². The number of thioether (sulfide) groups is 1. The third-order valence-corrected chi connectivity index (χ3v) is 4.19. The molecule has 1 saturated heterocycles. The summed E-state index contributed by atoms with van der Waals surface area (Å²) in [5.41, 5.74) is 1.30. The van der Waals surface area contributed by atoms with Crippen molar-refractivity contribution in [2.24, 2.45) is 0 Å². The summed E-state index contributed by atoms with van der Waals surface area (Å²) in [6.45, 7) is 2.27. The van der Waals surface area contributed by atoms with Gasteiger partial charge in [-0.05, 0) is 18.2 Å². The second-order valence-corrected chi connectivity index (χ2v) is 5.36. The van der Waals surface area contributed by atoms with Gasteiger partial charge in [-0.3, -0.25) is 0 Å². The van der Waals surface area contributed by atoms with Crippen LogP contribution < -0.4 is 4.90 Å². The number of aromatic nitrogens is 1. The summed E-state index contributed by atoms with van der Waals surface area (Å²) in [5, 5.41) is 0.889. The van der Waals surface area contributed by atoms with Crippen LogP contribution in [0.5, 0.6) is 0 Å². The molecule has 0 N–H and O–H groups in total. The fourth-order valence-electron chi connectivity index (χ4n) is 1.78. The summed E-state index contributed by atoms with van der Waals surface area (Å²) < 4.78 is 0. The van der Waals surface area contributed by atoms with Crippen molar-refractivity contribution in [3.63, 3.8) is 0 Å². The Kier molecular flexibility index (Phi) is 4.32. The molecular formula is C11H15BrN2S. The largest absolute Gasteiger partial charge is 0.356 e. The lowest BCUT2D eigenvalue weighted by Gasteiger charge is -2.23. The Morgan fingerprint density at radius 3 is 3.20 bits per heavy atom. The van der Waals surface area contributed by atoms with E-state index in [2.05, 4.69) is 31.9 Å². The number of alkyl halides is 1. The Labute approximate surface area is 104 Å². The standard InChI is InChI=1S/C11H15BrN2S/c12-9-10-3-1-4-13-11(10)14-5-2-7-15-8-6-14/h1,3-4H,2,5-9H2. The van der Waals surface area contributed by atoms with Gasteiger partial charge in [-0.2, -0.15) is 11.8 Å². The number of nitrogens with zero attached hydrogens (tertiary/aromatic N) is 2. The zero-order valence-corrected chi connectivity index (χ0v) is 11.1. The number of halogens is 1. The molecule has 0 unspecified atom stereocenters. The molecule has 4 heteroatoms. The molecular weight excluding hydrogens is 272 g/mol. The second-order valence-electron chi connectivity index (χ2n) is 3.57. The summed E-state index contributed by atoms with van der Waals surface area (Å²) in [7, 11) is 0. The Morgan fingerprint density at radius 2 is 2.33 bits per heavy atom. The van der Waals surface area contributed by atoms with Gasteiger partial charge >= 0.3 is 0 Å². The number of rotatable bonds is 2. The molecule has 15 heavy (non-hydrogen) atoms. The third-order valence-electron chi connectivity index (χ3n) is 2.53. The van der Waals surface area contributed by atoms with E-state index in [-0.39, 0.29) is 0 Å². The van der Waals surface area contributed by atoms with Crippen LogP contribution in [0, 0.1) is 0 Å². The number of hydrogen-bond acceptors (Lipinski definition) is 3. The van der Waals surface area contributed by atoms with Crippen molar-refractivity contribution >= 4 is 33.5 Å².